The van der Waals surface area contributed by atoms with E-state index in [-0.39, 0.29) is 5.91 Å². The van der Waals surface area contributed by atoms with Gasteiger partial charge in [0.1, 0.15) is 11.8 Å². The Kier molecular flexibility index (Phi) is 9.02. The number of sulfonamides is 1. The van der Waals surface area contributed by atoms with Gasteiger partial charge in [-0.25, -0.2) is 13.8 Å². The van der Waals surface area contributed by atoms with Crippen LogP contribution in [0.4, 0.5) is 11.4 Å². The van der Waals surface area contributed by atoms with E-state index < -0.39 is 22.0 Å². The summed E-state index contributed by atoms with van der Waals surface area (Å²) in [5.74, 6) is -0.254. The minimum Gasteiger partial charge on any atom is -0.494 e. The summed E-state index contributed by atoms with van der Waals surface area (Å²) >= 11 is 0. The standard InChI is InChI=1S/C27H30N4O5S/c1-5-36-25-16-14-24(15-17-25)31(37(4,34)35)20(3)26(32)30-29-19(2)22-12-9-13-23(18-22)28-27(33)21-10-7-6-8-11-21/h6-18,20H,5H2,1-4H3,(H,28,33)(H,30,32)/b29-19+. The number of hydrogen-bond acceptors (Lipinski definition) is 6. The molecule has 0 bridgehead atoms. The molecule has 0 spiro atoms. The Morgan fingerprint density at radius 1 is 0.973 bits per heavy atom. The number of carbonyl (C=O) groups is 2. The van der Waals surface area contributed by atoms with E-state index in [4.69, 9.17) is 4.74 Å². The third-order valence-electron chi connectivity index (χ3n) is 5.40. The van der Waals surface area contributed by atoms with Crippen LogP contribution in [0, 0.1) is 0 Å². The van der Waals surface area contributed by atoms with Crippen molar-refractivity contribution >= 4 is 38.9 Å². The van der Waals surface area contributed by atoms with E-state index in [1.54, 1.807) is 79.7 Å². The largest absolute Gasteiger partial charge is 0.494 e. The number of amides is 2. The van der Waals surface area contributed by atoms with Crippen LogP contribution < -0.4 is 19.8 Å². The van der Waals surface area contributed by atoms with Crippen molar-refractivity contribution in [2.75, 3.05) is 22.5 Å². The SMILES string of the molecule is CCOc1ccc(N(C(C)C(=O)N/N=C(\C)c2cccc(NC(=O)c3ccccc3)c2)S(C)(=O)=O)cc1. The first-order valence-electron chi connectivity index (χ1n) is 11.6. The van der Waals surface area contributed by atoms with Gasteiger partial charge >= 0.3 is 0 Å². The monoisotopic (exact) mass is 522 g/mol. The molecule has 0 aliphatic carbocycles. The fraction of sp³-hybridized carbons (Fsp3) is 0.222. The van der Waals surface area contributed by atoms with Crippen molar-refractivity contribution in [2.24, 2.45) is 5.10 Å². The summed E-state index contributed by atoms with van der Waals surface area (Å²) < 4.78 is 31.5. The van der Waals surface area contributed by atoms with E-state index in [2.05, 4.69) is 15.8 Å². The fourth-order valence-electron chi connectivity index (χ4n) is 3.58. The predicted molar refractivity (Wildman–Crippen MR) is 146 cm³/mol. The lowest BCUT2D eigenvalue weighted by Crippen LogP contribution is -2.46. The summed E-state index contributed by atoms with van der Waals surface area (Å²) in [6, 6.07) is 21.3. The minimum absolute atomic E-state index is 0.246. The zero-order chi connectivity index (χ0) is 27.0. The van der Waals surface area contributed by atoms with Crippen LogP contribution in [-0.4, -0.2) is 44.8 Å². The molecule has 0 fully saturated rings. The predicted octanol–water partition coefficient (Wildman–Crippen LogP) is 4.03. The Morgan fingerprint density at radius 2 is 1.62 bits per heavy atom. The molecule has 3 aromatic carbocycles. The van der Waals surface area contributed by atoms with Gasteiger partial charge in [0.15, 0.2) is 0 Å². The van der Waals surface area contributed by atoms with E-state index in [0.717, 1.165) is 10.6 Å². The van der Waals surface area contributed by atoms with Crippen molar-refractivity contribution in [3.63, 3.8) is 0 Å². The van der Waals surface area contributed by atoms with E-state index >= 15 is 0 Å². The molecular weight excluding hydrogens is 492 g/mol. The molecule has 9 nitrogen and oxygen atoms in total. The number of carbonyl (C=O) groups excluding carboxylic acids is 2. The molecular formula is C27H30N4O5S. The van der Waals surface area contributed by atoms with Crippen LogP contribution in [0.25, 0.3) is 0 Å². The second-order valence-corrected chi connectivity index (χ2v) is 10.1. The molecule has 10 heteroatoms. The molecule has 0 saturated heterocycles. The number of rotatable bonds is 10. The second-order valence-electron chi connectivity index (χ2n) is 8.24. The first-order chi connectivity index (χ1) is 17.6. The maximum Gasteiger partial charge on any atom is 0.263 e. The van der Waals surface area contributed by atoms with Gasteiger partial charge in [-0.05, 0) is 74.9 Å². The molecule has 0 saturated carbocycles. The van der Waals surface area contributed by atoms with Gasteiger partial charge in [0, 0.05) is 11.3 Å². The van der Waals surface area contributed by atoms with Crippen molar-refractivity contribution in [3.8, 4) is 5.75 Å². The Morgan fingerprint density at radius 3 is 2.24 bits per heavy atom. The van der Waals surface area contributed by atoms with Crippen LogP contribution in [0.15, 0.2) is 84.0 Å². The van der Waals surface area contributed by atoms with Crippen LogP contribution in [0.2, 0.25) is 0 Å². The van der Waals surface area contributed by atoms with Crippen molar-refractivity contribution in [3.05, 3.63) is 90.0 Å². The van der Waals surface area contributed by atoms with Crippen molar-refractivity contribution in [1.29, 1.82) is 0 Å². The van der Waals surface area contributed by atoms with Crippen LogP contribution in [0.5, 0.6) is 5.75 Å². The summed E-state index contributed by atoms with van der Waals surface area (Å²) in [6.07, 6.45) is 1.04. The van der Waals surface area contributed by atoms with Crippen LogP contribution in [-0.2, 0) is 14.8 Å². The van der Waals surface area contributed by atoms with Gasteiger partial charge in [0.05, 0.1) is 24.3 Å². The first kappa shape index (κ1) is 27.4. The number of hydrogen-bond donors (Lipinski definition) is 2. The lowest BCUT2D eigenvalue weighted by molar-refractivity contribution is -0.121. The third kappa shape index (κ3) is 7.40. The van der Waals surface area contributed by atoms with Gasteiger partial charge in [0.25, 0.3) is 11.8 Å². The van der Waals surface area contributed by atoms with Gasteiger partial charge in [-0.3, -0.25) is 13.9 Å². The zero-order valence-electron chi connectivity index (χ0n) is 21.1. The van der Waals surface area contributed by atoms with E-state index in [1.807, 2.05) is 13.0 Å². The highest BCUT2D eigenvalue weighted by molar-refractivity contribution is 7.92. The highest BCUT2D eigenvalue weighted by Crippen LogP contribution is 2.24. The number of benzene rings is 3. The first-order valence-corrected chi connectivity index (χ1v) is 13.5. The number of hydrazone groups is 1. The summed E-state index contributed by atoms with van der Waals surface area (Å²) in [7, 11) is -3.78. The van der Waals surface area contributed by atoms with Gasteiger partial charge in [0.2, 0.25) is 10.0 Å². The Hall–Kier alpha value is -4.18. The number of anilines is 2. The summed E-state index contributed by atoms with van der Waals surface area (Å²) in [4.78, 5) is 25.3. The Bertz CT molecular complexity index is 1370. The van der Waals surface area contributed by atoms with Crippen molar-refractivity contribution in [2.45, 2.75) is 26.8 Å². The third-order valence-corrected chi connectivity index (χ3v) is 6.64. The molecule has 0 heterocycles. The van der Waals surface area contributed by atoms with Crippen LogP contribution in [0.1, 0.15) is 36.7 Å². The second kappa shape index (κ2) is 12.2. The summed E-state index contributed by atoms with van der Waals surface area (Å²) in [6.45, 7) is 5.51. The summed E-state index contributed by atoms with van der Waals surface area (Å²) in [5, 5.41) is 6.99. The molecule has 194 valence electrons. The smallest absolute Gasteiger partial charge is 0.263 e. The highest BCUT2D eigenvalue weighted by atomic mass is 32.2. The quantitative estimate of drug-likeness (QED) is 0.308. The molecule has 2 N–H and O–H groups in total. The molecule has 0 aliphatic heterocycles. The maximum atomic E-state index is 12.9. The molecule has 0 aromatic heterocycles. The molecule has 1 unspecified atom stereocenters. The van der Waals surface area contributed by atoms with E-state index in [9.17, 15) is 18.0 Å². The van der Waals surface area contributed by atoms with Gasteiger partial charge in [-0.1, -0.05) is 30.3 Å². The zero-order valence-corrected chi connectivity index (χ0v) is 22.0. The minimum atomic E-state index is -3.78. The lowest BCUT2D eigenvalue weighted by atomic mass is 10.1. The van der Waals surface area contributed by atoms with Crippen LogP contribution >= 0.6 is 0 Å². The topological polar surface area (TPSA) is 117 Å². The molecule has 2 amide bonds. The highest BCUT2D eigenvalue weighted by Gasteiger charge is 2.29. The number of nitrogens with one attached hydrogen (secondary N) is 2. The van der Waals surface area contributed by atoms with E-state index in [1.165, 1.54) is 6.92 Å². The van der Waals surface area contributed by atoms with Crippen LogP contribution in [0.3, 0.4) is 0 Å². The molecule has 0 aliphatic rings. The van der Waals surface area contributed by atoms with Gasteiger partial charge in [-0.15, -0.1) is 0 Å². The van der Waals surface area contributed by atoms with Gasteiger partial charge < -0.3 is 10.1 Å². The Labute approximate surface area is 217 Å². The number of nitrogens with zero attached hydrogens (tertiary/aromatic N) is 2. The molecule has 3 rings (SSSR count). The lowest BCUT2D eigenvalue weighted by Gasteiger charge is -2.27. The average molecular weight is 523 g/mol. The fourth-order valence-corrected chi connectivity index (χ4v) is 4.75. The molecule has 3 aromatic rings. The number of ether oxygens (including phenoxy) is 1. The average Bonchev–Trinajstić information content (AvgIpc) is 2.88. The van der Waals surface area contributed by atoms with E-state index in [0.29, 0.717) is 40.6 Å². The molecule has 1 atom stereocenters. The normalized spacial score (nSPS) is 12.4. The van der Waals surface area contributed by atoms with Crippen molar-refractivity contribution < 1.29 is 22.7 Å². The Balaban J connectivity index is 1.72. The maximum absolute atomic E-state index is 12.9. The molecule has 0 radical (unpaired) electrons. The summed E-state index contributed by atoms with van der Waals surface area (Å²) in [5.41, 5.74) is 5.03. The van der Waals surface area contributed by atoms with Crippen molar-refractivity contribution in [1.82, 2.24) is 5.43 Å². The molecule has 37 heavy (non-hydrogen) atoms. The van der Waals surface area contributed by atoms with Gasteiger partial charge in [-0.2, -0.15) is 5.10 Å².